The van der Waals surface area contributed by atoms with Crippen molar-refractivity contribution in [1.29, 1.82) is 0 Å². The lowest BCUT2D eigenvalue weighted by atomic mass is 10.1. The second-order valence-electron chi connectivity index (χ2n) is 7.52. The zero-order valence-electron chi connectivity index (χ0n) is 16.3. The molecule has 6 heteroatoms. The Kier molecular flexibility index (Phi) is 8.52. The van der Waals surface area contributed by atoms with Crippen molar-refractivity contribution in [1.82, 2.24) is 15.1 Å². The average molecular weight is 353 g/mol. The quantitative estimate of drug-likeness (QED) is 0.563. The predicted molar refractivity (Wildman–Crippen MR) is 102 cm³/mol. The van der Waals surface area contributed by atoms with Crippen molar-refractivity contribution >= 4 is 11.9 Å². The van der Waals surface area contributed by atoms with Crippen molar-refractivity contribution in [2.45, 2.75) is 58.0 Å². The summed E-state index contributed by atoms with van der Waals surface area (Å²) in [6.45, 7) is 6.06. The maximum atomic E-state index is 11.8. The standard InChI is InChI=1S/C19H36N4O2/c1-4-11-20-19(21-14-18(24)22(2)3)23-12-9-17(10-13-23)25-15-16-7-5-6-8-16/h16-17H,4-15H2,1-3H3,(H,20,21). The molecule has 1 saturated heterocycles. The number of piperidine rings is 1. The SMILES string of the molecule is CCCNC(=NCC(=O)N(C)C)N1CCC(OCC2CCCC2)CC1. The smallest absolute Gasteiger partial charge is 0.243 e. The third-order valence-corrected chi connectivity index (χ3v) is 5.18. The van der Waals surface area contributed by atoms with E-state index in [-0.39, 0.29) is 12.5 Å². The van der Waals surface area contributed by atoms with Crippen LogP contribution in [0.2, 0.25) is 0 Å². The largest absolute Gasteiger partial charge is 0.378 e. The molecule has 1 amide bonds. The number of carbonyl (C=O) groups is 1. The van der Waals surface area contributed by atoms with Crippen LogP contribution in [0.15, 0.2) is 4.99 Å². The highest BCUT2D eigenvalue weighted by atomic mass is 16.5. The molecule has 1 aliphatic heterocycles. The summed E-state index contributed by atoms with van der Waals surface area (Å²) in [6.07, 6.45) is 8.95. The third-order valence-electron chi connectivity index (χ3n) is 5.18. The first-order valence-electron chi connectivity index (χ1n) is 9.95. The van der Waals surface area contributed by atoms with Gasteiger partial charge in [-0.2, -0.15) is 0 Å². The van der Waals surface area contributed by atoms with Crippen LogP contribution >= 0.6 is 0 Å². The van der Waals surface area contributed by atoms with E-state index in [0.717, 1.165) is 57.4 Å². The monoisotopic (exact) mass is 352 g/mol. The number of rotatable bonds is 7. The summed E-state index contributed by atoms with van der Waals surface area (Å²) < 4.78 is 6.16. The number of hydrogen-bond acceptors (Lipinski definition) is 3. The average Bonchev–Trinajstić information content (AvgIpc) is 3.14. The van der Waals surface area contributed by atoms with Crippen LogP contribution in [0, 0.1) is 5.92 Å². The second kappa shape index (κ2) is 10.6. The molecular weight excluding hydrogens is 316 g/mol. The van der Waals surface area contributed by atoms with Crippen LogP contribution in [0.1, 0.15) is 51.9 Å². The summed E-state index contributed by atoms with van der Waals surface area (Å²) in [5.41, 5.74) is 0. The Labute approximate surface area is 153 Å². The molecular formula is C19H36N4O2. The molecule has 2 fully saturated rings. The molecule has 1 aliphatic carbocycles. The van der Waals surface area contributed by atoms with Crippen molar-refractivity contribution in [3.63, 3.8) is 0 Å². The molecule has 2 rings (SSSR count). The molecule has 0 aromatic carbocycles. The van der Waals surface area contributed by atoms with E-state index in [1.807, 2.05) is 0 Å². The Morgan fingerprint density at radius 3 is 2.48 bits per heavy atom. The molecule has 1 heterocycles. The molecule has 6 nitrogen and oxygen atoms in total. The Morgan fingerprint density at radius 2 is 1.88 bits per heavy atom. The topological polar surface area (TPSA) is 57.2 Å². The van der Waals surface area contributed by atoms with Gasteiger partial charge in [-0.25, -0.2) is 4.99 Å². The van der Waals surface area contributed by atoms with Crippen molar-refractivity contribution < 1.29 is 9.53 Å². The van der Waals surface area contributed by atoms with Gasteiger partial charge < -0.3 is 19.9 Å². The predicted octanol–water partition coefficient (Wildman–Crippen LogP) is 2.10. The number of carbonyl (C=O) groups excluding carboxylic acids is 1. The molecule has 0 spiro atoms. The molecule has 0 unspecified atom stereocenters. The summed E-state index contributed by atoms with van der Waals surface area (Å²) in [4.78, 5) is 20.2. The van der Waals surface area contributed by atoms with E-state index in [1.54, 1.807) is 19.0 Å². The first-order chi connectivity index (χ1) is 12.1. The first-order valence-corrected chi connectivity index (χ1v) is 9.95. The lowest BCUT2D eigenvalue weighted by Crippen LogP contribution is -2.47. The normalized spacial score (nSPS) is 20.1. The fraction of sp³-hybridized carbons (Fsp3) is 0.895. The lowest BCUT2D eigenvalue weighted by molar-refractivity contribution is -0.127. The van der Waals surface area contributed by atoms with Gasteiger partial charge in [0.15, 0.2) is 5.96 Å². The van der Waals surface area contributed by atoms with Gasteiger partial charge in [0.1, 0.15) is 6.54 Å². The fourth-order valence-electron chi connectivity index (χ4n) is 3.47. The van der Waals surface area contributed by atoms with Crippen LogP contribution in [0.3, 0.4) is 0 Å². The molecule has 25 heavy (non-hydrogen) atoms. The summed E-state index contributed by atoms with van der Waals surface area (Å²) >= 11 is 0. The van der Waals surface area contributed by atoms with Gasteiger partial charge in [0, 0.05) is 40.3 Å². The number of hydrogen-bond donors (Lipinski definition) is 1. The number of likely N-dealkylation sites (tertiary alicyclic amines) is 1. The summed E-state index contributed by atoms with van der Waals surface area (Å²) in [6, 6.07) is 0. The fourth-order valence-corrected chi connectivity index (χ4v) is 3.47. The zero-order valence-corrected chi connectivity index (χ0v) is 16.3. The molecule has 144 valence electrons. The van der Waals surface area contributed by atoms with Crippen LogP contribution < -0.4 is 5.32 Å². The lowest BCUT2D eigenvalue weighted by Gasteiger charge is -2.34. The van der Waals surface area contributed by atoms with Crippen molar-refractivity contribution in [2.24, 2.45) is 10.9 Å². The third kappa shape index (κ3) is 6.84. The second-order valence-corrected chi connectivity index (χ2v) is 7.52. The van der Waals surface area contributed by atoms with Gasteiger partial charge in [-0.1, -0.05) is 19.8 Å². The van der Waals surface area contributed by atoms with Gasteiger partial charge in [-0.05, 0) is 38.0 Å². The summed E-state index contributed by atoms with van der Waals surface area (Å²) in [5, 5.41) is 3.39. The highest BCUT2D eigenvalue weighted by Crippen LogP contribution is 2.26. The van der Waals surface area contributed by atoms with Gasteiger partial charge >= 0.3 is 0 Å². The maximum Gasteiger partial charge on any atom is 0.243 e. The molecule has 0 aromatic heterocycles. The molecule has 0 radical (unpaired) electrons. The first kappa shape index (κ1) is 20.0. The van der Waals surface area contributed by atoms with Gasteiger partial charge in [-0.3, -0.25) is 4.79 Å². The molecule has 1 N–H and O–H groups in total. The summed E-state index contributed by atoms with van der Waals surface area (Å²) in [5.74, 6) is 1.69. The minimum absolute atomic E-state index is 0.0329. The minimum atomic E-state index is 0.0329. The number of guanidine groups is 1. The Balaban J connectivity index is 1.78. The number of aliphatic imine (C=N–C) groups is 1. The Morgan fingerprint density at radius 1 is 1.20 bits per heavy atom. The van der Waals surface area contributed by atoms with E-state index < -0.39 is 0 Å². The number of ether oxygens (including phenoxy) is 1. The Bertz CT molecular complexity index is 425. The molecule has 2 aliphatic rings. The number of nitrogens with one attached hydrogen (secondary N) is 1. The Hall–Kier alpha value is -1.30. The van der Waals surface area contributed by atoms with Crippen LogP contribution in [0.25, 0.3) is 0 Å². The maximum absolute atomic E-state index is 11.8. The number of nitrogens with zero attached hydrogens (tertiary/aromatic N) is 3. The van der Waals surface area contributed by atoms with Crippen LogP contribution in [0.4, 0.5) is 0 Å². The van der Waals surface area contributed by atoms with Crippen LogP contribution in [0.5, 0.6) is 0 Å². The minimum Gasteiger partial charge on any atom is -0.378 e. The molecule has 0 atom stereocenters. The molecule has 0 bridgehead atoms. The zero-order chi connectivity index (χ0) is 18.1. The van der Waals surface area contributed by atoms with Gasteiger partial charge in [0.2, 0.25) is 5.91 Å². The van der Waals surface area contributed by atoms with E-state index in [1.165, 1.54) is 25.7 Å². The van der Waals surface area contributed by atoms with Gasteiger partial charge in [0.05, 0.1) is 6.10 Å². The van der Waals surface area contributed by atoms with Crippen molar-refractivity contribution in [3.8, 4) is 0 Å². The van der Waals surface area contributed by atoms with Crippen molar-refractivity contribution in [2.75, 3.05) is 46.9 Å². The van der Waals surface area contributed by atoms with Crippen molar-refractivity contribution in [3.05, 3.63) is 0 Å². The van der Waals surface area contributed by atoms with E-state index in [4.69, 9.17) is 4.74 Å². The molecule has 0 aromatic rings. The van der Waals surface area contributed by atoms with E-state index in [2.05, 4.69) is 22.1 Å². The summed E-state index contributed by atoms with van der Waals surface area (Å²) in [7, 11) is 3.54. The molecule has 1 saturated carbocycles. The van der Waals surface area contributed by atoms with Crippen LogP contribution in [-0.4, -0.2) is 74.7 Å². The highest BCUT2D eigenvalue weighted by molar-refractivity contribution is 5.84. The number of amides is 1. The number of likely N-dealkylation sites (N-methyl/N-ethyl adjacent to an activating group) is 1. The van der Waals surface area contributed by atoms with E-state index in [0.29, 0.717) is 6.10 Å². The van der Waals surface area contributed by atoms with E-state index >= 15 is 0 Å². The highest BCUT2D eigenvalue weighted by Gasteiger charge is 2.24. The van der Waals surface area contributed by atoms with Gasteiger partial charge in [0.25, 0.3) is 0 Å². The van der Waals surface area contributed by atoms with Crippen LogP contribution in [-0.2, 0) is 9.53 Å². The van der Waals surface area contributed by atoms with E-state index in [9.17, 15) is 4.79 Å². The van der Waals surface area contributed by atoms with Gasteiger partial charge in [-0.15, -0.1) is 0 Å².